The molecule has 1 aliphatic rings. The molecule has 0 aromatic heterocycles. The third-order valence-corrected chi connectivity index (χ3v) is 4.87. The Morgan fingerprint density at radius 3 is 2.65 bits per heavy atom. The molecule has 1 aliphatic heterocycles. The molecule has 1 N–H and O–H groups in total. The predicted octanol–water partition coefficient (Wildman–Crippen LogP) is 2.84. The van der Waals surface area contributed by atoms with Gasteiger partial charge < -0.3 is 19.7 Å². The summed E-state index contributed by atoms with van der Waals surface area (Å²) >= 11 is 1.87. The van der Waals surface area contributed by atoms with E-state index in [0.29, 0.717) is 23.5 Å². The van der Waals surface area contributed by atoms with Crippen molar-refractivity contribution in [2.75, 3.05) is 38.4 Å². The van der Waals surface area contributed by atoms with E-state index in [2.05, 4.69) is 19.2 Å². The molecule has 23 heavy (non-hydrogen) atoms. The average Bonchev–Trinajstić information content (AvgIpc) is 2.53. The van der Waals surface area contributed by atoms with E-state index in [1.165, 1.54) is 14.2 Å². The Balaban J connectivity index is 2.10. The van der Waals surface area contributed by atoms with Crippen LogP contribution in [0.3, 0.4) is 0 Å². The van der Waals surface area contributed by atoms with E-state index >= 15 is 0 Å². The summed E-state index contributed by atoms with van der Waals surface area (Å²) in [5, 5.41) is 2.85. The lowest BCUT2D eigenvalue weighted by Crippen LogP contribution is -2.47. The van der Waals surface area contributed by atoms with Gasteiger partial charge in [0, 0.05) is 35.3 Å². The van der Waals surface area contributed by atoms with Gasteiger partial charge in [-0.25, -0.2) is 9.59 Å². The molecular formula is C16H22N2O4S. The van der Waals surface area contributed by atoms with Crippen molar-refractivity contribution in [3.05, 3.63) is 23.8 Å². The van der Waals surface area contributed by atoms with Crippen molar-refractivity contribution < 1.29 is 19.1 Å². The highest BCUT2D eigenvalue weighted by atomic mass is 32.2. The van der Waals surface area contributed by atoms with E-state index in [1.54, 1.807) is 23.1 Å². The molecule has 6 nitrogen and oxygen atoms in total. The highest BCUT2D eigenvalue weighted by Gasteiger charge is 2.29. The fourth-order valence-electron chi connectivity index (χ4n) is 2.44. The van der Waals surface area contributed by atoms with Gasteiger partial charge in [-0.3, -0.25) is 0 Å². The standard InChI is InChI=1S/C16H22N2O4S/c1-16(2)10-18(7-8-23-16)15(20)17-11-5-6-12(14(19)22-4)13(9-11)21-3/h5-6,9H,7-8,10H2,1-4H3,(H,17,20). The van der Waals surface area contributed by atoms with Gasteiger partial charge >= 0.3 is 12.0 Å². The topological polar surface area (TPSA) is 67.9 Å². The van der Waals surface area contributed by atoms with Gasteiger partial charge in [0.2, 0.25) is 0 Å². The van der Waals surface area contributed by atoms with Crippen molar-refractivity contribution in [2.24, 2.45) is 0 Å². The van der Waals surface area contributed by atoms with E-state index in [-0.39, 0.29) is 10.8 Å². The smallest absolute Gasteiger partial charge is 0.341 e. The summed E-state index contributed by atoms with van der Waals surface area (Å²) in [5.41, 5.74) is 0.902. The zero-order chi connectivity index (χ0) is 17.0. The van der Waals surface area contributed by atoms with E-state index < -0.39 is 5.97 Å². The minimum absolute atomic E-state index is 0.0576. The Bertz CT molecular complexity index is 604. The van der Waals surface area contributed by atoms with Gasteiger partial charge in [0.1, 0.15) is 11.3 Å². The maximum absolute atomic E-state index is 12.4. The highest BCUT2D eigenvalue weighted by molar-refractivity contribution is 8.00. The number of hydrogen-bond donors (Lipinski definition) is 1. The molecule has 126 valence electrons. The maximum Gasteiger partial charge on any atom is 0.341 e. The molecule has 1 saturated heterocycles. The van der Waals surface area contributed by atoms with Crippen molar-refractivity contribution in [3.8, 4) is 5.75 Å². The highest BCUT2D eigenvalue weighted by Crippen LogP contribution is 2.30. The van der Waals surface area contributed by atoms with E-state index in [9.17, 15) is 9.59 Å². The summed E-state index contributed by atoms with van der Waals surface area (Å²) < 4.78 is 9.96. The zero-order valence-corrected chi connectivity index (χ0v) is 14.7. The lowest BCUT2D eigenvalue weighted by Gasteiger charge is -2.37. The molecule has 0 spiro atoms. The lowest BCUT2D eigenvalue weighted by molar-refractivity contribution is 0.0597. The number of carbonyl (C=O) groups excluding carboxylic acids is 2. The first-order chi connectivity index (χ1) is 10.9. The molecule has 1 aromatic carbocycles. The number of carbonyl (C=O) groups is 2. The van der Waals surface area contributed by atoms with Gasteiger partial charge in [-0.15, -0.1) is 0 Å². The number of benzene rings is 1. The van der Waals surface area contributed by atoms with Crippen molar-refractivity contribution in [1.82, 2.24) is 4.90 Å². The molecule has 1 aromatic rings. The maximum atomic E-state index is 12.4. The van der Waals surface area contributed by atoms with Gasteiger partial charge in [-0.2, -0.15) is 11.8 Å². The first-order valence-electron chi connectivity index (χ1n) is 7.32. The zero-order valence-electron chi connectivity index (χ0n) is 13.8. The Morgan fingerprint density at radius 1 is 1.30 bits per heavy atom. The minimum Gasteiger partial charge on any atom is -0.496 e. The largest absolute Gasteiger partial charge is 0.496 e. The van der Waals surface area contributed by atoms with Crippen LogP contribution in [0.25, 0.3) is 0 Å². The SMILES string of the molecule is COC(=O)c1ccc(NC(=O)N2CCSC(C)(C)C2)cc1OC. The molecule has 2 amide bonds. The number of esters is 1. The molecule has 7 heteroatoms. The number of urea groups is 1. The number of thioether (sulfide) groups is 1. The van der Waals surface area contributed by atoms with Crippen LogP contribution < -0.4 is 10.1 Å². The number of ether oxygens (including phenoxy) is 2. The molecule has 0 atom stereocenters. The number of nitrogens with zero attached hydrogens (tertiary/aromatic N) is 1. The van der Waals surface area contributed by atoms with Crippen molar-refractivity contribution in [1.29, 1.82) is 0 Å². The molecule has 1 fully saturated rings. The van der Waals surface area contributed by atoms with E-state index in [0.717, 1.165) is 12.3 Å². The second kappa shape index (κ2) is 7.12. The third kappa shape index (κ3) is 4.31. The van der Waals surface area contributed by atoms with Gasteiger partial charge in [0.15, 0.2) is 0 Å². The fraction of sp³-hybridized carbons (Fsp3) is 0.500. The van der Waals surface area contributed by atoms with Gasteiger partial charge in [0.05, 0.1) is 14.2 Å². The Kier molecular flexibility index (Phi) is 5.41. The molecule has 0 radical (unpaired) electrons. The van der Waals surface area contributed by atoms with Crippen LogP contribution in [0.4, 0.5) is 10.5 Å². The van der Waals surface area contributed by atoms with Crippen LogP contribution in [0.2, 0.25) is 0 Å². The average molecular weight is 338 g/mol. The molecule has 0 unspecified atom stereocenters. The van der Waals surface area contributed by atoms with E-state index in [4.69, 9.17) is 9.47 Å². The summed E-state index contributed by atoms with van der Waals surface area (Å²) in [5.74, 6) is 0.809. The van der Waals surface area contributed by atoms with Crippen LogP contribution >= 0.6 is 11.8 Å². The van der Waals surface area contributed by atoms with Crippen molar-refractivity contribution >= 4 is 29.4 Å². The lowest BCUT2D eigenvalue weighted by atomic mass is 10.1. The third-order valence-electron chi connectivity index (χ3n) is 3.57. The number of anilines is 1. The molecule has 0 aliphatic carbocycles. The number of nitrogens with one attached hydrogen (secondary N) is 1. The quantitative estimate of drug-likeness (QED) is 0.859. The second-order valence-electron chi connectivity index (χ2n) is 5.87. The summed E-state index contributed by atoms with van der Waals surface area (Å²) in [7, 11) is 2.78. The van der Waals surface area contributed by atoms with Crippen LogP contribution in [0.15, 0.2) is 18.2 Å². The Morgan fingerprint density at radius 2 is 2.04 bits per heavy atom. The summed E-state index contributed by atoms with van der Waals surface area (Å²) in [4.78, 5) is 25.9. The Hall–Kier alpha value is -1.89. The first kappa shape index (κ1) is 17.5. The fourth-order valence-corrected chi connectivity index (χ4v) is 3.55. The van der Waals surface area contributed by atoms with Crippen LogP contribution in [-0.2, 0) is 4.74 Å². The van der Waals surface area contributed by atoms with Crippen LogP contribution in [0.5, 0.6) is 5.75 Å². The second-order valence-corrected chi connectivity index (χ2v) is 7.67. The van der Waals surface area contributed by atoms with E-state index in [1.807, 2.05) is 11.8 Å². The summed E-state index contributed by atoms with van der Waals surface area (Å²) in [6, 6.07) is 4.71. The normalized spacial score (nSPS) is 16.6. The van der Waals surface area contributed by atoms with Crippen LogP contribution in [0.1, 0.15) is 24.2 Å². The number of rotatable bonds is 3. The van der Waals surface area contributed by atoms with Gasteiger partial charge in [-0.05, 0) is 26.0 Å². The first-order valence-corrected chi connectivity index (χ1v) is 8.31. The van der Waals surface area contributed by atoms with Gasteiger partial charge in [0.25, 0.3) is 0 Å². The molecular weight excluding hydrogens is 316 g/mol. The number of methoxy groups -OCH3 is 2. The molecule has 1 heterocycles. The number of hydrogen-bond acceptors (Lipinski definition) is 5. The molecule has 2 rings (SSSR count). The minimum atomic E-state index is -0.477. The van der Waals surface area contributed by atoms with Gasteiger partial charge in [-0.1, -0.05) is 0 Å². The molecule has 0 saturated carbocycles. The predicted molar refractivity (Wildman–Crippen MR) is 91.5 cm³/mol. The number of amides is 2. The summed E-state index contributed by atoms with van der Waals surface area (Å²) in [6.07, 6.45) is 0. The summed E-state index contributed by atoms with van der Waals surface area (Å²) in [6.45, 7) is 5.68. The molecule has 0 bridgehead atoms. The Labute approximate surface area is 140 Å². The van der Waals surface area contributed by atoms with Crippen LogP contribution in [-0.4, -0.2) is 54.7 Å². The van der Waals surface area contributed by atoms with Crippen molar-refractivity contribution in [3.63, 3.8) is 0 Å². The van der Waals surface area contributed by atoms with Crippen molar-refractivity contribution in [2.45, 2.75) is 18.6 Å². The monoisotopic (exact) mass is 338 g/mol. The van der Waals surface area contributed by atoms with Crippen LogP contribution in [0, 0.1) is 0 Å².